The van der Waals surface area contributed by atoms with Crippen molar-refractivity contribution in [2.45, 2.75) is 25.8 Å². The SMILES string of the molecule is N#Cc1cccn(CCCCCO)c1=O. The summed E-state index contributed by atoms with van der Waals surface area (Å²) in [6.45, 7) is 0.793. The molecule has 0 saturated heterocycles. The van der Waals surface area contributed by atoms with E-state index in [0.29, 0.717) is 6.54 Å². The fourth-order valence-electron chi connectivity index (χ4n) is 1.37. The number of rotatable bonds is 5. The lowest BCUT2D eigenvalue weighted by Gasteiger charge is -2.04. The molecule has 0 unspecified atom stereocenters. The molecular weight excluding hydrogens is 192 g/mol. The van der Waals surface area contributed by atoms with Gasteiger partial charge in [0.1, 0.15) is 11.6 Å². The molecule has 80 valence electrons. The first kappa shape index (κ1) is 11.5. The van der Waals surface area contributed by atoms with Crippen molar-refractivity contribution in [1.29, 1.82) is 5.26 Å². The van der Waals surface area contributed by atoms with Crippen LogP contribution in [0.25, 0.3) is 0 Å². The summed E-state index contributed by atoms with van der Waals surface area (Å²) >= 11 is 0. The predicted octanol–water partition coefficient (Wildman–Crippen LogP) is 0.883. The topological polar surface area (TPSA) is 66.0 Å². The van der Waals surface area contributed by atoms with E-state index in [2.05, 4.69) is 0 Å². The number of aryl methyl sites for hydroxylation is 1. The van der Waals surface area contributed by atoms with Crippen LogP contribution in [0.15, 0.2) is 23.1 Å². The molecule has 0 radical (unpaired) electrons. The van der Waals surface area contributed by atoms with Gasteiger partial charge in [-0.25, -0.2) is 0 Å². The summed E-state index contributed by atoms with van der Waals surface area (Å²) in [5.74, 6) is 0. The van der Waals surface area contributed by atoms with Crippen molar-refractivity contribution in [1.82, 2.24) is 4.57 Å². The van der Waals surface area contributed by atoms with Crippen molar-refractivity contribution >= 4 is 0 Å². The average Bonchev–Trinajstić information content (AvgIpc) is 2.26. The molecule has 15 heavy (non-hydrogen) atoms. The molecule has 0 spiro atoms. The number of pyridine rings is 1. The van der Waals surface area contributed by atoms with Gasteiger partial charge < -0.3 is 9.67 Å². The second kappa shape index (κ2) is 5.99. The Morgan fingerprint density at radius 3 is 2.87 bits per heavy atom. The fraction of sp³-hybridized carbons (Fsp3) is 0.455. The summed E-state index contributed by atoms with van der Waals surface area (Å²) in [5, 5.41) is 17.2. The van der Waals surface area contributed by atoms with Gasteiger partial charge in [0, 0.05) is 19.3 Å². The molecule has 1 N–H and O–H groups in total. The van der Waals surface area contributed by atoms with Crippen molar-refractivity contribution in [3.8, 4) is 6.07 Å². The van der Waals surface area contributed by atoms with Crippen LogP contribution in [0.5, 0.6) is 0 Å². The minimum atomic E-state index is -0.232. The van der Waals surface area contributed by atoms with Crippen LogP contribution in [0.1, 0.15) is 24.8 Å². The largest absolute Gasteiger partial charge is 0.396 e. The molecule has 0 amide bonds. The molecule has 4 heteroatoms. The van der Waals surface area contributed by atoms with Crippen molar-refractivity contribution in [2.75, 3.05) is 6.61 Å². The van der Waals surface area contributed by atoms with Crippen molar-refractivity contribution < 1.29 is 5.11 Å². The molecule has 1 heterocycles. The maximum atomic E-state index is 11.6. The maximum absolute atomic E-state index is 11.6. The number of aromatic nitrogens is 1. The van der Waals surface area contributed by atoms with Gasteiger partial charge in [-0.1, -0.05) is 0 Å². The van der Waals surface area contributed by atoms with Crippen LogP contribution in [-0.4, -0.2) is 16.3 Å². The van der Waals surface area contributed by atoms with Crippen molar-refractivity contribution in [2.24, 2.45) is 0 Å². The van der Waals surface area contributed by atoms with E-state index < -0.39 is 0 Å². The zero-order chi connectivity index (χ0) is 11.1. The van der Waals surface area contributed by atoms with Crippen LogP contribution >= 0.6 is 0 Å². The highest BCUT2D eigenvalue weighted by molar-refractivity contribution is 5.24. The Bertz CT molecular complexity index is 404. The molecule has 1 rings (SSSR count). The average molecular weight is 206 g/mol. The summed E-state index contributed by atoms with van der Waals surface area (Å²) in [6.07, 6.45) is 4.17. The van der Waals surface area contributed by atoms with E-state index >= 15 is 0 Å². The van der Waals surface area contributed by atoms with Crippen LogP contribution < -0.4 is 5.56 Å². The Morgan fingerprint density at radius 2 is 2.20 bits per heavy atom. The van der Waals surface area contributed by atoms with Gasteiger partial charge in [-0.05, 0) is 31.4 Å². The number of aliphatic hydroxyl groups is 1. The first-order valence-electron chi connectivity index (χ1n) is 5.00. The first-order valence-corrected chi connectivity index (χ1v) is 5.00. The third-order valence-corrected chi connectivity index (χ3v) is 2.20. The predicted molar refractivity (Wildman–Crippen MR) is 56.4 cm³/mol. The lowest BCUT2D eigenvalue weighted by atomic mass is 10.2. The summed E-state index contributed by atoms with van der Waals surface area (Å²) in [6, 6.07) is 5.08. The summed E-state index contributed by atoms with van der Waals surface area (Å²) in [7, 11) is 0. The van der Waals surface area contributed by atoms with Gasteiger partial charge in [0.15, 0.2) is 0 Å². The Labute approximate surface area is 88.4 Å². The number of hydrogen-bond acceptors (Lipinski definition) is 3. The Kier molecular flexibility index (Phi) is 4.58. The van der Waals surface area contributed by atoms with E-state index in [9.17, 15) is 4.79 Å². The van der Waals surface area contributed by atoms with Crippen LogP contribution in [0, 0.1) is 11.3 Å². The normalized spacial score (nSPS) is 9.87. The molecule has 0 aromatic carbocycles. The van der Waals surface area contributed by atoms with Gasteiger partial charge in [0.25, 0.3) is 5.56 Å². The third-order valence-electron chi connectivity index (χ3n) is 2.20. The van der Waals surface area contributed by atoms with Gasteiger partial charge in [0.2, 0.25) is 0 Å². The standard InChI is InChI=1S/C11H14N2O2/c12-9-10-5-4-7-13(11(10)15)6-2-1-3-8-14/h4-5,7,14H,1-3,6,8H2. The Hall–Kier alpha value is -1.60. The van der Waals surface area contributed by atoms with Crippen molar-refractivity contribution in [3.05, 3.63) is 34.2 Å². The number of aliphatic hydroxyl groups excluding tert-OH is 1. The van der Waals surface area contributed by atoms with E-state index in [-0.39, 0.29) is 17.7 Å². The highest BCUT2D eigenvalue weighted by Gasteiger charge is 2.00. The van der Waals surface area contributed by atoms with E-state index in [1.165, 1.54) is 10.6 Å². The molecule has 1 aromatic heterocycles. The molecule has 0 saturated carbocycles. The molecule has 0 bridgehead atoms. The highest BCUT2D eigenvalue weighted by Crippen LogP contribution is 1.97. The lowest BCUT2D eigenvalue weighted by molar-refractivity contribution is 0.281. The molecule has 1 aromatic rings. The number of nitrogens with zero attached hydrogens (tertiary/aromatic N) is 2. The van der Waals surface area contributed by atoms with Gasteiger partial charge in [-0.15, -0.1) is 0 Å². The smallest absolute Gasteiger partial charge is 0.268 e. The zero-order valence-corrected chi connectivity index (χ0v) is 8.52. The van der Waals surface area contributed by atoms with E-state index in [0.717, 1.165) is 19.3 Å². The van der Waals surface area contributed by atoms with Crippen LogP contribution in [-0.2, 0) is 6.54 Å². The minimum absolute atomic E-state index is 0.180. The number of unbranched alkanes of at least 4 members (excludes halogenated alkanes) is 2. The molecule has 0 aliphatic heterocycles. The fourth-order valence-corrected chi connectivity index (χ4v) is 1.37. The molecule has 0 aliphatic rings. The van der Waals surface area contributed by atoms with E-state index in [1.54, 1.807) is 12.3 Å². The van der Waals surface area contributed by atoms with Gasteiger partial charge >= 0.3 is 0 Å². The summed E-state index contributed by atoms with van der Waals surface area (Å²) in [5.41, 5.74) is -0.0522. The summed E-state index contributed by atoms with van der Waals surface area (Å²) < 4.78 is 1.54. The van der Waals surface area contributed by atoms with E-state index in [1.807, 2.05) is 6.07 Å². The molecule has 4 nitrogen and oxygen atoms in total. The number of hydrogen-bond donors (Lipinski definition) is 1. The minimum Gasteiger partial charge on any atom is -0.396 e. The molecular formula is C11H14N2O2. The maximum Gasteiger partial charge on any atom is 0.268 e. The second-order valence-electron chi connectivity index (χ2n) is 3.32. The van der Waals surface area contributed by atoms with Gasteiger partial charge in [0.05, 0.1) is 0 Å². The van der Waals surface area contributed by atoms with Crippen LogP contribution in [0.2, 0.25) is 0 Å². The quantitative estimate of drug-likeness (QED) is 0.727. The monoisotopic (exact) mass is 206 g/mol. The van der Waals surface area contributed by atoms with Crippen LogP contribution in [0.4, 0.5) is 0 Å². The summed E-state index contributed by atoms with van der Waals surface area (Å²) in [4.78, 5) is 11.6. The molecule has 0 fully saturated rings. The first-order chi connectivity index (χ1) is 7.29. The van der Waals surface area contributed by atoms with Crippen molar-refractivity contribution in [3.63, 3.8) is 0 Å². The Balaban J connectivity index is 2.63. The molecule has 0 atom stereocenters. The van der Waals surface area contributed by atoms with Crippen LogP contribution in [0.3, 0.4) is 0 Å². The van der Waals surface area contributed by atoms with E-state index in [4.69, 9.17) is 10.4 Å². The molecule has 0 aliphatic carbocycles. The Morgan fingerprint density at radius 1 is 1.40 bits per heavy atom. The number of nitriles is 1. The second-order valence-corrected chi connectivity index (χ2v) is 3.32. The lowest BCUT2D eigenvalue weighted by Crippen LogP contribution is -2.21. The highest BCUT2D eigenvalue weighted by atomic mass is 16.2. The third kappa shape index (κ3) is 3.22. The zero-order valence-electron chi connectivity index (χ0n) is 8.52. The van der Waals surface area contributed by atoms with Gasteiger partial charge in [-0.3, -0.25) is 4.79 Å². The van der Waals surface area contributed by atoms with Gasteiger partial charge in [-0.2, -0.15) is 5.26 Å².